The van der Waals surface area contributed by atoms with Crippen molar-refractivity contribution in [2.75, 3.05) is 32.2 Å². The van der Waals surface area contributed by atoms with Crippen LogP contribution < -0.4 is 4.90 Å². The normalized spacial score (nSPS) is 9.94. The number of aliphatic hydroxyl groups excluding tert-OH is 1. The van der Waals surface area contributed by atoms with E-state index in [1.807, 2.05) is 0 Å². The van der Waals surface area contributed by atoms with Gasteiger partial charge in [-0.05, 0) is 12.1 Å². The van der Waals surface area contributed by atoms with Crippen LogP contribution in [0.5, 0.6) is 0 Å². The van der Waals surface area contributed by atoms with Gasteiger partial charge in [0.15, 0.2) is 0 Å². The maximum atomic E-state index is 11.5. The quantitative estimate of drug-likeness (QED) is 0.475. The standard InChI is InChI=1S/C11H14N2O5/c1-12(2)9-4-3-8(7-10(9)13(16)17)11(15)18-6-5-14/h3-4,7,14H,5-6H2,1-2H3. The molecule has 0 aliphatic rings. The van der Waals surface area contributed by atoms with Gasteiger partial charge in [-0.3, -0.25) is 10.1 Å². The van der Waals surface area contributed by atoms with Gasteiger partial charge < -0.3 is 14.7 Å². The zero-order valence-corrected chi connectivity index (χ0v) is 10.1. The summed E-state index contributed by atoms with van der Waals surface area (Å²) in [4.78, 5) is 23.4. The molecule has 0 aliphatic heterocycles. The van der Waals surface area contributed by atoms with Crippen LogP contribution >= 0.6 is 0 Å². The van der Waals surface area contributed by atoms with Crippen molar-refractivity contribution in [1.82, 2.24) is 0 Å². The van der Waals surface area contributed by atoms with E-state index in [2.05, 4.69) is 4.74 Å². The number of nitro groups is 1. The maximum absolute atomic E-state index is 11.5. The predicted octanol–water partition coefficient (Wildman–Crippen LogP) is 0.810. The Balaban J connectivity index is 3.07. The number of nitrogens with zero attached hydrogens (tertiary/aromatic N) is 2. The lowest BCUT2D eigenvalue weighted by atomic mass is 10.1. The Bertz CT molecular complexity index is 459. The highest BCUT2D eigenvalue weighted by Crippen LogP contribution is 2.27. The summed E-state index contributed by atoms with van der Waals surface area (Å²) in [7, 11) is 3.35. The van der Waals surface area contributed by atoms with E-state index in [9.17, 15) is 14.9 Å². The molecule has 0 atom stereocenters. The minimum atomic E-state index is -0.697. The largest absolute Gasteiger partial charge is 0.460 e. The van der Waals surface area contributed by atoms with Crippen LogP contribution in [0.15, 0.2) is 18.2 Å². The first-order valence-corrected chi connectivity index (χ1v) is 5.21. The summed E-state index contributed by atoms with van der Waals surface area (Å²) in [5, 5.41) is 19.4. The molecule has 0 aliphatic carbocycles. The van der Waals surface area contributed by atoms with E-state index >= 15 is 0 Å². The van der Waals surface area contributed by atoms with Gasteiger partial charge in [0, 0.05) is 20.2 Å². The van der Waals surface area contributed by atoms with Gasteiger partial charge in [-0.1, -0.05) is 0 Å². The average Bonchev–Trinajstić information content (AvgIpc) is 2.34. The summed E-state index contributed by atoms with van der Waals surface area (Å²) in [6.45, 7) is -0.425. The minimum Gasteiger partial charge on any atom is -0.460 e. The number of hydrogen-bond donors (Lipinski definition) is 1. The molecule has 0 unspecified atom stereocenters. The topological polar surface area (TPSA) is 92.9 Å². The lowest BCUT2D eigenvalue weighted by molar-refractivity contribution is -0.384. The van der Waals surface area contributed by atoms with Gasteiger partial charge in [0.1, 0.15) is 12.3 Å². The lowest BCUT2D eigenvalue weighted by Gasteiger charge is -2.13. The van der Waals surface area contributed by atoms with Crippen LogP contribution in [-0.4, -0.2) is 43.3 Å². The van der Waals surface area contributed by atoms with Crippen LogP contribution in [0.3, 0.4) is 0 Å². The second kappa shape index (κ2) is 5.97. The number of esters is 1. The molecule has 7 nitrogen and oxygen atoms in total. The number of anilines is 1. The first-order valence-electron chi connectivity index (χ1n) is 5.21. The molecule has 0 radical (unpaired) electrons. The van der Waals surface area contributed by atoms with Crippen LogP contribution in [-0.2, 0) is 4.74 Å². The van der Waals surface area contributed by atoms with Gasteiger partial charge in [-0.15, -0.1) is 0 Å². The molecule has 0 saturated heterocycles. The molecule has 0 fully saturated rings. The molecule has 0 spiro atoms. The van der Waals surface area contributed by atoms with Gasteiger partial charge >= 0.3 is 5.97 Å². The predicted molar refractivity (Wildman–Crippen MR) is 64.8 cm³/mol. The molecule has 98 valence electrons. The third-order valence-corrected chi connectivity index (χ3v) is 2.21. The summed E-state index contributed by atoms with van der Waals surface area (Å²) in [5.41, 5.74) is 0.318. The number of hydrogen-bond acceptors (Lipinski definition) is 6. The van der Waals surface area contributed by atoms with E-state index in [1.165, 1.54) is 12.1 Å². The fraction of sp³-hybridized carbons (Fsp3) is 0.364. The third kappa shape index (κ3) is 3.17. The SMILES string of the molecule is CN(C)c1ccc(C(=O)OCCO)cc1[N+](=O)[O-]. The second-order valence-electron chi connectivity index (χ2n) is 3.71. The fourth-order valence-corrected chi connectivity index (χ4v) is 1.40. The Labute approximate surface area is 104 Å². The number of rotatable bonds is 5. The van der Waals surface area contributed by atoms with Gasteiger partial charge in [0.25, 0.3) is 5.69 Å². The van der Waals surface area contributed by atoms with Crippen molar-refractivity contribution in [1.29, 1.82) is 0 Å². The zero-order valence-electron chi connectivity index (χ0n) is 10.1. The molecule has 0 bridgehead atoms. The van der Waals surface area contributed by atoms with Crippen molar-refractivity contribution in [3.63, 3.8) is 0 Å². The van der Waals surface area contributed by atoms with Crippen LogP contribution in [0.25, 0.3) is 0 Å². The highest BCUT2D eigenvalue weighted by atomic mass is 16.6. The Kier molecular flexibility index (Phi) is 4.61. The molecular formula is C11H14N2O5. The van der Waals surface area contributed by atoms with Gasteiger partial charge in [-0.25, -0.2) is 4.79 Å². The molecule has 1 N–H and O–H groups in total. The Morgan fingerprint density at radius 3 is 2.67 bits per heavy atom. The minimum absolute atomic E-state index is 0.0840. The number of carbonyl (C=O) groups excluding carboxylic acids is 1. The Morgan fingerprint density at radius 1 is 1.50 bits per heavy atom. The summed E-state index contributed by atoms with van der Waals surface area (Å²) < 4.78 is 4.69. The van der Waals surface area contributed by atoms with Crippen molar-refractivity contribution >= 4 is 17.3 Å². The maximum Gasteiger partial charge on any atom is 0.338 e. The highest BCUT2D eigenvalue weighted by Gasteiger charge is 2.19. The van der Waals surface area contributed by atoms with Crippen LogP contribution in [0.1, 0.15) is 10.4 Å². The lowest BCUT2D eigenvalue weighted by Crippen LogP contribution is -2.13. The summed E-state index contributed by atoms with van der Waals surface area (Å²) in [6.07, 6.45) is 0. The van der Waals surface area contributed by atoms with Crippen molar-refractivity contribution in [2.24, 2.45) is 0 Å². The van der Waals surface area contributed by atoms with E-state index < -0.39 is 10.9 Å². The first kappa shape index (κ1) is 13.9. The summed E-state index contributed by atoms with van der Waals surface area (Å²) in [5.74, 6) is -0.697. The molecule has 0 aromatic heterocycles. The van der Waals surface area contributed by atoms with Gasteiger partial charge in [0.2, 0.25) is 0 Å². The molecule has 1 aromatic carbocycles. The van der Waals surface area contributed by atoms with Crippen molar-refractivity contribution in [3.8, 4) is 0 Å². The van der Waals surface area contributed by atoms with E-state index in [1.54, 1.807) is 19.0 Å². The van der Waals surface area contributed by atoms with Crippen LogP contribution in [0.4, 0.5) is 11.4 Å². The van der Waals surface area contributed by atoms with Crippen LogP contribution in [0.2, 0.25) is 0 Å². The Morgan fingerprint density at radius 2 is 2.17 bits per heavy atom. The first-order chi connectivity index (χ1) is 8.47. The van der Waals surface area contributed by atoms with Gasteiger partial charge in [0.05, 0.1) is 17.1 Å². The average molecular weight is 254 g/mol. The molecule has 18 heavy (non-hydrogen) atoms. The van der Waals surface area contributed by atoms with Crippen molar-refractivity contribution in [2.45, 2.75) is 0 Å². The number of benzene rings is 1. The number of carbonyl (C=O) groups is 1. The van der Waals surface area contributed by atoms with E-state index in [-0.39, 0.29) is 24.5 Å². The fourth-order valence-electron chi connectivity index (χ4n) is 1.40. The molecule has 0 saturated carbocycles. The molecule has 0 heterocycles. The van der Waals surface area contributed by atoms with Crippen molar-refractivity contribution < 1.29 is 19.6 Å². The Hall–Kier alpha value is -2.15. The molecule has 1 aromatic rings. The van der Waals surface area contributed by atoms with Gasteiger partial charge in [-0.2, -0.15) is 0 Å². The third-order valence-electron chi connectivity index (χ3n) is 2.21. The number of ether oxygens (including phenoxy) is 1. The molecule has 7 heteroatoms. The zero-order chi connectivity index (χ0) is 13.7. The van der Waals surface area contributed by atoms with Crippen LogP contribution in [0, 0.1) is 10.1 Å². The van der Waals surface area contributed by atoms with E-state index in [0.29, 0.717) is 5.69 Å². The smallest absolute Gasteiger partial charge is 0.338 e. The molecule has 1 rings (SSSR count). The number of nitro benzene ring substituents is 1. The van der Waals surface area contributed by atoms with Crippen molar-refractivity contribution in [3.05, 3.63) is 33.9 Å². The highest BCUT2D eigenvalue weighted by molar-refractivity contribution is 5.91. The van der Waals surface area contributed by atoms with E-state index in [4.69, 9.17) is 5.11 Å². The number of aliphatic hydroxyl groups is 1. The summed E-state index contributed by atoms with van der Waals surface area (Å²) in [6, 6.07) is 4.09. The second-order valence-corrected chi connectivity index (χ2v) is 3.71. The van der Waals surface area contributed by atoms with E-state index in [0.717, 1.165) is 6.07 Å². The summed E-state index contributed by atoms with van der Waals surface area (Å²) >= 11 is 0. The monoisotopic (exact) mass is 254 g/mol. The molecule has 0 amide bonds. The molecular weight excluding hydrogens is 240 g/mol.